The maximum absolute atomic E-state index is 13.7. The van der Waals surface area contributed by atoms with Gasteiger partial charge in [-0.2, -0.15) is 10.2 Å². The number of amides is 1. The molecule has 2 aromatic carbocycles. The summed E-state index contributed by atoms with van der Waals surface area (Å²) in [6.07, 6.45) is 3.03. The molecule has 8 heteroatoms. The van der Waals surface area contributed by atoms with Crippen molar-refractivity contribution in [2.24, 2.45) is 5.10 Å². The third kappa shape index (κ3) is 4.30. The fourth-order valence-corrected chi connectivity index (χ4v) is 2.98. The standard InChI is InChI=1S/C21H15ClFN5O/c22-20-16(11-14-5-2-4-8-18(14)25-20)12-24-26-21(29)19-9-10-28(27-19)13-15-6-1-3-7-17(15)23/h1-12H,13H2,(H,26,29)/b24-12-. The zero-order valence-electron chi connectivity index (χ0n) is 15.1. The number of hydrazone groups is 1. The number of carbonyl (C=O) groups excluding carboxylic acids is 1. The topological polar surface area (TPSA) is 72.2 Å². The van der Waals surface area contributed by atoms with Crippen LogP contribution in [0.15, 0.2) is 72.0 Å². The van der Waals surface area contributed by atoms with Gasteiger partial charge < -0.3 is 0 Å². The second kappa shape index (κ2) is 8.20. The molecule has 4 aromatic rings. The van der Waals surface area contributed by atoms with E-state index in [0.717, 1.165) is 10.9 Å². The van der Waals surface area contributed by atoms with E-state index >= 15 is 0 Å². The highest BCUT2D eigenvalue weighted by molar-refractivity contribution is 6.32. The van der Waals surface area contributed by atoms with E-state index in [0.29, 0.717) is 11.1 Å². The Morgan fingerprint density at radius 1 is 1.17 bits per heavy atom. The molecule has 144 valence electrons. The van der Waals surface area contributed by atoms with Crippen molar-refractivity contribution in [3.8, 4) is 0 Å². The Balaban J connectivity index is 1.43. The Bertz CT molecular complexity index is 1220. The van der Waals surface area contributed by atoms with Crippen molar-refractivity contribution in [1.29, 1.82) is 0 Å². The minimum atomic E-state index is -0.488. The summed E-state index contributed by atoms with van der Waals surface area (Å²) in [7, 11) is 0. The molecule has 0 bridgehead atoms. The first-order valence-corrected chi connectivity index (χ1v) is 9.13. The lowest BCUT2D eigenvalue weighted by atomic mass is 10.2. The lowest BCUT2D eigenvalue weighted by Gasteiger charge is -2.03. The minimum absolute atomic E-state index is 0.168. The van der Waals surface area contributed by atoms with Crippen LogP contribution in [-0.4, -0.2) is 26.9 Å². The molecule has 1 amide bonds. The highest BCUT2D eigenvalue weighted by Gasteiger charge is 2.10. The van der Waals surface area contributed by atoms with Crippen molar-refractivity contribution < 1.29 is 9.18 Å². The van der Waals surface area contributed by atoms with Crippen molar-refractivity contribution >= 4 is 34.6 Å². The van der Waals surface area contributed by atoms with Crippen LogP contribution in [0.1, 0.15) is 21.6 Å². The van der Waals surface area contributed by atoms with Crippen LogP contribution < -0.4 is 5.43 Å². The van der Waals surface area contributed by atoms with Crippen molar-refractivity contribution in [3.05, 3.63) is 94.7 Å². The van der Waals surface area contributed by atoms with Crippen LogP contribution in [0.25, 0.3) is 10.9 Å². The largest absolute Gasteiger partial charge is 0.291 e. The molecule has 2 aromatic heterocycles. The Morgan fingerprint density at radius 3 is 2.83 bits per heavy atom. The summed E-state index contributed by atoms with van der Waals surface area (Å²) in [5.41, 5.74) is 4.41. The van der Waals surface area contributed by atoms with Crippen LogP contribution in [0.3, 0.4) is 0 Å². The van der Waals surface area contributed by atoms with Gasteiger partial charge >= 0.3 is 0 Å². The van der Waals surface area contributed by atoms with Gasteiger partial charge in [0.2, 0.25) is 0 Å². The van der Waals surface area contributed by atoms with E-state index in [9.17, 15) is 9.18 Å². The molecule has 1 N–H and O–H groups in total. The molecule has 0 atom stereocenters. The van der Waals surface area contributed by atoms with Crippen LogP contribution >= 0.6 is 11.6 Å². The quantitative estimate of drug-likeness (QED) is 0.308. The van der Waals surface area contributed by atoms with Crippen LogP contribution in [0, 0.1) is 5.82 Å². The summed E-state index contributed by atoms with van der Waals surface area (Å²) in [6, 6.07) is 17.4. The van der Waals surface area contributed by atoms with Crippen molar-refractivity contribution in [2.45, 2.75) is 6.54 Å². The summed E-state index contributed by atoms with van der Waals surface area (Å²) >= 11 is 6.17. The number of nitrogens with zero attached hydrogens (tertiary/aromatic N) is 4. The van der Waals surface area contributed by atoms with Crippen molar-refractivity contribution in [1.82, 2.24) is 20.2 Å². The number of aromatic nitrogens is 3. The van der Waals surface area contributed by atoms with E-state index in [1.807, 2.05) is 30.3 Å². The van der Waals surface area contributed by atoms with Crippen LogP contribution in [0.5, 0.6) is 0 Å². The number of para-hydroxylation sites is 1. The molecule has 0 unspecified atom stereocenters. The fourth-order valence-electron chi connectivity index (χ4n) is 2.79. The smallest absolute Gasteiger partial charge is 0.267 e. The summed E-state index contributed by atoms with van der Waals surface area (Å²) in [5.74, 6) is -0.808. The van der Waals surface area contributed by atoms with Gasteiger partial charge in [0.15, 0.2) is 5.69 Å². The first-order chi connectivity index (χ1) is 14.1. The zero-order valence-corrected chi connectivity index (χ0v) is 15.8. The number of pyridine rings is 1. The molecule has 0 fully saturated rings. The maximum atomic E-state index is 13.7. The zero-order chi connectivity index (χ0) is 20.2. The van der Waals surface area contributed by atoms with Gasteiger partial charge in [0.1, 0.15) is 11.0 Å². The molecular weight excluding hydrogens is 393 g/mol. The minimum Gasteiger partial charge on any atom is -0.267 e. The van der Waals surface area contributed by atoms with Gasteiger partial charge in [-0.15, -0.1) is 0 Å². The third-order valence-electron chi connectivity index (χ3n) is 4.24. The monoisotopic (exact) mass is 407 g/mol. The maximum Gasteiger partial charge on any atom is 0.291 e. The summed E-state index contributed by atoms with van der Waals surface area (Å²) in [5, 5.41) is 9.29. The van der Waals surface area contributed by atoms with E-state index in [-0.39, 0.29) is 23.2 Å². The number of hydrogen-bond donors (Lipinski definition) is 1. The average Bonchev–Trinajstić information content (AvgIpc) is 3.19. The first-order valence-electron chi connectivity index (χ1n) is 8.76. The molecule has 0 aliphatic carbocycles. The number of hydrogen-bond acceptors (Lipinski definition) is 4. The lowest BCUT2D eigenvalue weighted by molar-refractivity contribution is 0.0949. The highest BCUT2D eigenvalue weighted by atomic mass is 35.5. The molecule has 0 aliphatic heterocycles. The highest BCUT2D eigenvalue weighted by Crippen LogP contribution is 2.18. The van der Waals surface area contributed by atoms with Gasteiger partial charge in [0.05, 0.1) is 18.3 Å². The number of rotatable bonds is 5. The van der Waals surface area contributed by atoms with Crippen LogP contribution in [-0.2, 0) is 6.54 Å². The van der Waals surface area contributed by atoms with Gasteiger partial charge in [-0.25, -0.2) is 14.8 Å². The van der Waals surface area contributed by atoms with E-state index in [2.05, 4.69) is 20.6 Å². The molecule has 0 saturated carbocycles. The van der Waals surface area contributed by atoms with E-state index in [1.54, 1.807) is 24.4 Å². The van der Waals surface area contributed by atoms with Gasteiger partial charge in [-0.1, -0.05) is 48.0 Å². The second-order valence-electron chi connectivity index (χ2n) is 6.25. The fraction of sp³-hybridized carbons (Fsp3) is 0.0476. The molecule has 2 heterocycles. The normalized spacial score (nSPS) is 11.2. The van der Waals surface area contributed by atoms with Gasteiger partial charge in [0, 0.05) is 22.7 Å². The second-order valence-corrected chi connectivity index (χ2v) is 6.61. The van der Waals surface area contributed by atoms with Crippen LogP contribution in [0.2, 0.25) is 5.15 Å². The number of halogens is 2. The van der Waals surface area contributed by atoms with E-state index in [4.69, 9.17) is 11.6 Å². The van der Waals surface area contributed by atoms with Crippen molar-refractivity contribution in [3.63, 3.8) is 0 Å². The molecule has 6 nitrogen and oxygen atoms in total. The first kappa shape index (κ1) is 18.8. The molecule has 0 saturated heterocycles. The Hall–Kier alpha value is -3.58. The number of carbonyl (C=O) groups is 1. The van der Waals surface area contributed by atoms with Crippen molar-refractivity contribution in [2.75, 3.05) is 0 Å². The number of benzene rings is 2. The van der Waals surface area contributed by atoms with E-state index in [1.165, 1.54) is 23.0 Å². The van der Waals surface area contributed by atoms with Gasteiger partial charge in [-0.05, 0) is 24.3 Å². The molecule has 0 aliphatic rings. The number of nitrogens with one attached hydrogen (secondary N) is 1. The Morgan fingerprint density at radius 2 is 1.97 bits per heavy atom. The summed E-state index contributed by atoms with van der Waals surface area (Å²) in [6.45, 7) is 0.224. The molecule has 0 spiro atoms. The SMILES string of the molecule is O=C(N/N=C\c1cc2ccccc2nc1Cl)c1ccn(Cc2ccccc2F)n1. The lowest BCUT2D eigenvalue weighted by Crippen LogP contribution is -2.18. The molecule has 29 heavy (non-hydrogen) atoms. The van der Waals surface area contributed by atoms with Crippen LogP contribution in [0.4, 0.5) is 4.39 Å². The Kier molecular flexibility index (Phi) is 5.31. The predicted molar refractivity (Wildman–Crippen MR) is 110 cm³/mol. The Labute approximate surface area is 170 Å². The molecule has 0 radical (unpaired) electrons. The average molecular weight is 408 g/mol. The predicted octanol–water partition coefficient (Wildman–Crippen LogP) is 4.04. The molecular formula is C21H15ClFN5O. The van der Waals surface area contributed by atoms with Gasteiger partial charge in [0.25, 0.3) is 5.91 Å². The molecule has 4 rings (SSSR count). The van der Waals surface area contributed by atoms with E-state index < -0.39 is 5.91 Å². The summed E-state index contributed by atoms with van der Waals surface area (Å²) in [4.78, 5) is 16.5. The van der Waals surface area contributed by atoms with Gasteiger partial charge in [-0.3, -0.25) is 9.48 Å². The summed E-state index contributed by atoms with van der Waals surface area (Å²) < 4.78 is 15.2. The third-order valence-corrected chi connectivity index (χ3v) is 4.54. The number of fused-ring (bicyclic) bond motifs is 1.